The number of methoxy groups -OCH3 is 1. The van der Waals surface area contributed by atoms with Gasteiger partial charge in [-0.15, -0.1) is 0 Å². The van der Waals surface area contributed by atoms with E-state index in [0.717, 1.165) is 28.6 Å². The van der Waals surface area contributed by atoms with E-state index < -0.39 is 0 Å². The minimum atomic E-state index is -0.0958. The van der Waals surface area contributed by atoms with Gasteiger partial charge in [-0.05, 0) is 45.0 Å². The molecule has 0 atom stereocenters. The van der Waals surface area contributed by atoms with Gasteiger partial charge in [0.2, 0.25) is 0 Å². The van der Waals surface area contributed by atoms with E-state index >= 15 is 0 Å². The molecule has 0 amide bonds. The molecule has 21 heavy (non-hydrogen) atoms. The Bertz CT molecular complexity index is 619. The standard InChI is InChI=1S/C17H25N3O/c1-11(2)16-19-14(15(18)20(16)17(3,4)5)12-7-9-13(21-6)10-8-12/h7-11H,18H2,1-6H3. The van der Waals surface area contributed by atoms with Gasteiger partial charge in [0.05, 0.1) is 7.11 Å². The van der Waals surface area contributed by atoms with Gasteiger partial charge in [-0.3, -0.25) is 0 Å². The molecule has 0 saturated carbocycles. The van der Waals surface area contributed by atoms with Gasteiger partial charge in [0.1, 0.15) is 23.1 Å². The SMILES string of the molecule is COc1ccc(-c2nc(C(C)C)n(C(C)(C)C)c2N)cc1. The molecule has 1 aromatic carbocycles. The monoisotopic (exact) mass is 287 g/mol. The summed E-state index contributed by atoms with van der Waals surface area (Å²) in [5, 5.41) is 0. The van der Waals surface area contributed by atoms with Crippen LogP contribution < -0.4 is 10.5 Å². The summed E-state index contributed by atoms with van der Waals surface area (Å²) >= 11 is 0. The maximum absolute atomic E-state index is 6.40. The Morgan fingerprint density at radius 3 is 2.10 bits per heavy atom. The van der Waals surface area contributed by atoms with E-state index in [-0.39, 0.29) is 5.54 Å². The third kappa shape index (κ3) is 2.89. The highest BCUT2D eigenvalue weighted by Crippen LogP contribution is 2.34. The molecule has 2 N–H and O–H groups in total. The molecule has 1 heterocycles. The van der Waals surface area contributed by atoms with Crippen molar-refractivity contribution in [2.75, 3.05) is 12.8 Å². The summed E-state index contributed by atoms with van der Waals surface area (Å²) in [6.07, 6.45) is 0. The third-order valence-electron chi connectivity index (χ3n) is 3.49. The second-order valence-corrected chi connectivity index (χ2v) is 6.59. The fourth-order valence-corrected chi connectivity index (χ4v) is 2.50. The number of hydrogen-bond acceptors (Lipinski definition) is 3. The first-order valence-electron chi connectivity index (χ1n) is 7.28. The van der Waals surface area contributed by atoms with Crippen LogP contribution in [-0.2, 0) is 5.54 Å². The summed E-state index contributed by atoms with van der Waals surface area (Å²) < 4.78 is 7.34. The molecule has 4 nitrogen and oxygen atoms in total. The van der Waals surface area contributed by atoms with E-state index in [4.69, 9.17) is 15.5 Å². The van der Waals surface area contributed by atoms with Crippen LogP contribution >= 0.6 is 0 Å². The smallest absolute Gasteiger partial charge is 0.132 e. The summed E-state index contributed by atoms with van der Waals surface area (Å²) in [5.74, 6) is 2.89. The Labute approximate surface area is 127 Å². The summed E-state index contributed by atoms with van der Waals surface area (Å²) in [6, 6.07) is 7.85. The van der Waals surface area contributed by atoms with Crippen molar-refractivity contribution in [1.29, 1.82) is 0 Å². The zero-order chi connectivity index (χ0) is 15.8. The van der Waals surface area contributed by atoms with Crippen LogP contribution in [0.5, 0.6) is 5.75 Å². The Kier molecular flexibility index (Phi) is 3.99. The highest BCUT2D eigenvalue weighted by Gasteiger charge is 2.25. The number of rotatable bonds is 3. The first-order chi connectivity index (χ1) is 9.75. The van der Waals surface area contributed by atoms with Crippen molar-refractivity contribution < 1.29 is 4.74 Å². The molecule has 0 spiro atoms. The summed E-state index contributed by atoms with van der Waals surface area (Å²) in [7, 11) is 1.66. The Morgan fingerprint density at radius 1 is 1.14 bits per heavy atom. The molecule has 0 unspecified atom stereocenters. The topological polar surface area (TPSA) is 53.1 Å². The van der Waals surface area contributed by atoms with Crippen molar-refractivity contribution in [3.8, 4) is 17.0 Å². The predicted molar refractivity (Wildman–Crippen MR) is 87.7 cm³/mol. The van der Waals surface area contributed by atoms with E-state index in [1.165, 1.54) is 0 Å². The van der Waals surface area contributed by atoms with Gasteiger partial charge in [0, 0.05) is 17.0 Å². The maximum Gasteiger partial charge on any atom is 0.132 e. The van der Waals surface area contributed by atoms with Gasteiger partial charge in [-0.1, -0.05) is 13.8 Å². The molecule has 4 heteroatoms. The van der Waals surface area contributed by atoms with Crippen LogP contribution in [0.1, 0.15) is 46.4 Å². The summed E-state index contributed by atoms with van der Waals surface area (Å²) in [6.45, 7) is 10.7. The highest BCUT2D eigenvalue weighted by atomic mass is 16.5. The fourth-order valence-electron chi connectivity index (χ4n) is 2.50. The largest absolute Gasteiger partial charge is 0.497 e. The van der Waals surface area contributed by atoms with Gasteiger partial charge in [0.15, 0.2) is 0 Å². The van der Waals surface area contributed by atoms with Crippen LogP contribution in [0.4, 0.5) is 5.82 Å². The molecule has 0 aliphatic carbocycles. The van der Waals surface area contributed by atoms with Crippen molar-refractivity contribution in [3.63, 3.8) is 0 Å². The Morgan fingerprint density at radius 2 is 1.71 bits per heavy atom. The van der Waals surface area contributed by atoms with E-state index in [0.29, 0.717) is 5.92 Å². The summed E-state index contributed by atoms with van der Waals surface area (Å²) in [4.78, 5) is 4.80. The van der Waals surface area contributed by atoms with Crippen molar-refractivity contribution >= 4 is 5.82 Å². The van der Waals surface area contributed by atoms with Crippen LogP contribution in [0.3, 0.4) is 0 Å². The average molecular weight is 287 g/mol. The lowest BCUT2D eigenvalue weighted by Crippen LogP contribution is -2.26. The normalized spacial score (nSPS) is 12.0. The second kappa shape index (κ2) is 5.43. The molecule has 0 aliphatic rings. The van der Waals surface area contributed by atoms with E-state index in [9.17, 15) is 0 Å². The van der Waals surface area contributed by atoms with Crippen LogP contribution in [0, 0.1) is 0 Å². The van der Waals surface area contributed by atoms with Crippen LogP contribution in [0.15, 0.2) is 24.3 Å². The number of benzene rings is 1. The molecular formula is C17H25N3O. The first-order valence-corrected chi connectivity index (χ1v) is 7.28. The summed E-state index contributed by atoms with van der Waals surface area (Å²) in [5.41, 5.74) is 8.16. The molecule has 114 valence electrons. The number of nitrogens with two attached hydrogens (primary N) is 1. The molecule has 1 aromatic heterocycles. The molecule has 0 aliphatic heterocycles. The molecule has 0 fully saturated rings. The highest BCUT2D eigenvalue weighted by molar-refractivity contribution is 5.72. The molecule has 2 aromatic rings. The molecule has 2 rings (SSSR count). The van der Waals surface area contributed by atoms with E-state index in [2.05, 4.69) is 39.2 Å². The van der Waals surface area contributed by atoms with Gasteiger partial charge in [-0.2, -0.15) is 0 Å². The molecule has 0 bridgehead atoms. The van der Waals surface area contributed by atoms with Gasteiger partial charge in [-0.25, -0.2) is 4.98 Å². The molecule has 0 radical (unpaired) electrons. The third-order valence-corrected chi connectivity index (χ3v) is 3.49. The zero-order valence-electron chi connectivity index (χ0n) is 13.8. The zero-order valence-corrected chi connectivity index (χ0v) is 13.8. The molecular weight excluding hydrogens is 262 g/mol. The lowest BCUT2D eigenvalue weighted by molar-refractivity contribution is 0.382. The number of ether oxygens (including phenoxy) is 1. The van der Waals surface area contributed by atoms with Crippen molar-refractivity contribution in [3.05, 3.63) is 30.1 Å². The average Bonchev–Trinajstić information content (AvgIpc) is 2.76. The number of imidazole rings is 1. The minimum absolute atomic E-state index is 0.0958. The predicted octanol–water partition coefficient (Wildman–Crippen LogP) is 4.02. The van der Waals surface area contributed by atoms with Gasteiger partial charge in [0.25, 0.3) is 0 Å². The Balaban J connectivity index is 2.59. The number of anilines is 1. The van der Waals surface area contributed by atoms with Crippen molar-refractivity contribution in [2.45, 2.75) is 46.1 Å². The number of nitrogens with zero attached hydrogens (tertiary/aromatic N) is 2. The van der Waals surface area contributed by atoms with Crippen molar-refractivity contribution in [1.82, 2.24) is 9.55 Å². The van der Waals surface area contributed by atoms with Crippen LogP contribution in [0.25, 0.3) is 11.3 Å². The Hall–Kier alpha value is -1.97. The lowest BCUT2D eigenvalue weighted by Gasteiger charge is -2.26. The van der Waals surface area contributed by atoms with Crippen molar-refractivity contribution in [2.24, 2.45) is 0 Å². The second-order valence-electron chi connectivity index (χ2n) is 6.59. The number of aromatic nitrogens is 2. The van der Waals surface area contributed by atoms with Crippen LogP contribution in [-0.4, -0.2) is 16.7 Å². The minimum Gasteiger partial charge on any atom is -0.497 e. The lowest BCUT2D eigenvalue weighted by atomic mass is 10.1. The first kappa shape index (κ1) is 15.4. The van der Waals surface area contributed by atoms with E-state index in [1.54, 1.807) is 7.11 Å². The number of hydrogen-bond donors (Lipinski definition) is 1. The van der Waals surface area contributed by atoms with Crippen LogP contribution in [0.2, 0.25) is 0 Å². The number of nitrogen functional groups attached to an aromatic ring is 1. The van der Waals surface area contributed by atoms with Gasteiger partial charge >= 0.3 is 0 Å². The van der Waals surface area contributed by atoms with E-state index in [1.807, 2.05) is 24.3 Å². The fraction of sp³-hybridized carbons (Fsp3) is 0.471. The molecule has 0 saturated heterocycles. The van der Waals surface area contributed by atoms with Gasteiger partial charge < -0.3 is 15.0 Å². The maximum atomic E-state index is 6.40. The quantitative estimate of drug-likeness (QED) is 0.927.